The van der Waals surface area contributed by atoms with Gasteiger partial charge < -0.3 is 9.64 Å². The average molecular weight is 409 g/mol. The van der Waals surface area contributed by atoms with Crippen LogP contribution in [0.25, 0.3) is 0 Å². The Morgan fingerprint density at radius 2 is 1.81 bits per heavy atom. The highest BCUT2D eigenvalue weighted by Crippen LogP contribution is 2.29. The quantitative estimate of drug-likeness (QED) is 0.825. The van der Waals surface area contributed by atoms with E-state index in [2.05, 4.69) is 4.72 Å². The maximum Gasteiger partial charge on any atom is 0.245 e. The molecule has 0 saturated carbocycles. The third kappa shape index (κ3) is 4.10. The number of carbonyl (C=O) groups is 1. The second-order valence-corrected chi connectivity index (χ2v) is 8.71. The monoisotopic (exact) mass is 408 g/mol. The van der Waals surface area contributed by atoms with Crippen LogP contribution in [0.5, 0.6) is 5.75 Å². The van der Waals surface area contributed by atoms with Gasteiger partial charge in [-0.3, -0.25) is 4.79 Å². The SMILES string of the molecule is COc1ccc(Cl)cc1S(=O)(=O)N[C@@H]1CCN(c2cc(C)cc(C)c2)C1=O. The highest BCUT2D eigenvalue weighted by molar-refractivity contribution is 7.89. The zero-order valence-corrected chi connectivity index (χ0v) is 16.9. The average Bonchev–Trinajstić information content (AvgIpc) is 2.94. The van der Waals surface area contributed by atoms with E-state index in [1.807, 2.05) is 32.0 Å². The number of aryl methyl sites for hydroxylation is 2. The lowest BCUT2D eigenvalue weighted by atomic mass is 10.1. The number of carbonyl (C=O) groups excluding carboxylic acids is 1. The van der Waals surface area contributed by atoms with E-state index in [1.165, 1.54) is 19.2 Å². The van der Waals surface area contributed by atoms with Crippen molar-refractivity contribution in [1.29, 1.82) is 0 Å². The fourth-order valence-corrected chi connectivity index (χ4v) is 4.92. The predicted molar refractivity (Wildman–Crippen MR) is 105 cm³/mol. The maximum atomic E-state index is 12.8. The van der Waals surface area contributed by atoms with Crippen molar-refractivity contribution in [3.05, 3.63) is 52.5 Å². The molecule has 3 rings (SSSR count). The molecule has 2 aromatic carbocycles. The molecule has 1 fully saturated rings. The Balaban J connectivity index is 1.84. The number of nitrogens with zero attached hydrogens (tertiary/aromatic N) is 1. The van der Waals surface area contributed by atoms with Crippen molar-refractivity contribution < 1.29 is 17.9 Å². The van der Waals surface area contributed by atoms with Crippen molar-refractivity contribution in [3.8, 4) is 5.75 Å². The largest absolute Gasteiger partial charge is 0.495 e. The van der Waals surface area contributed by atoms with Crippen LogP contribution in [0.3, 0.4) is 0 Å². The second-order valence-electron chi connectivity index (χ2n) is 6.59. The Bertz CT molecular complexity index is 971. The van der Waals surface area contributed by atoms with E-state index in [9.17, 15) is 13.2 Å². The highest BCUT2D eigenvalue weighted by Gasteiger charge is 2.36. The van der Waals surface area contributed by atoms with Crippen molar-refractivity contribution in [3.63, 3.8) is 0 Å². The first-order valence-corrected chi connectivity index (χ1v) is 10.3. The fourth-order valence-electron chi connectivity index (χ4n) is 3.26. The summed E-state index contributed by atoms with van der Waals surface area (Å²) < 4.78 is 33.2. The number of hydrogen-bond donors (Lipinski definition) is 1. The first-order valence-electron chi connectivity index (χ1n) is 8.47. The van der Waals surface area contributed by atoms with Crippen molar-refractivity contribution in [1.82, 2.24) is 4.72 Å². The maximum absolute atomic E-state index is 12.8. The summed E-state index contributed by atoms with van der Waals surface area (Å²) in [5.74, 6) is -0.104. The van der Waals surface area contributed by atoms with Gasteiger partial charge in [-0.1, -0.05) is 17.7 Å². The Morgan fingerprint density at radius 1 is 1.15 bits per heavy atom. The van der Waals surface area contributed by atoms with Gasteiger partial charge >= 0.3 is 0 Å². The molecule has 27 heavy (non-hydrogen) atoms. The third-order valence-corrected chi connectivity index (χ3v) is 6.16. The zero-order chi connectivity index (χ0) is 19.8. The van der Waals surface area contributed by atoms with Crippen LogP contribution < -0.4 is 14.4 Å². The summed E-state index contributed by atoms with van der Waals surface area (Å²) in [5, 5.41) is 0.269. The number of methoxy groups -OCH3 is 1. The lowest BCUT2D eigenvalue weighted by molar-refractivity contribution is -0.118. The molecule has 8 heteroatoms. The van der Waals surface area contributed by atoms with Crippen LogP contribution in [-0.4, -0.2) is 34.0 Å². The van der Waals surface area contributed by atoms with E-state index in [0.29, 0.717) is 13.0 Å². The molecule has 1 N–H and O–H groups in total. The molecule has 1 aliphatic rings. The van der Waals surface area contributed by atoms with Crippen molar-refractivity contribution >= 4 is 33.2 Å². The topological polar surface area (TPSA) is 75.7 Å². The smallest absolute Gasteiger partial charge is 0.245 e. The number of halogens is 1. The fraction of sp³-hybridized carbons (Fsp3) is 0.316. The van der Waals surface area contributed by atoms with E-state index in [4.69, 9.17) is 16.3 Å². The van der Waals surface area contributed by atoms with Crippen LogP contribution in [-0.2, 0) is 14.8 Å². The van der Waals surface area contributed by atoms with Gasteiger partial charge in [0.15, 0.2) is 0 Å². The predicted octanol–water partition coefficient (Wildman–Crippen LogP) is 3.05. The minimum atomic E-state index is -3.97. The molecule has 0 bridgehead atoms. The van der Waals surface area contributed by atoms with Gasteiger partial charge in [-0.15, -0.1) is 0 Å². The summed E-state index contributed by atoms with van der Waals surface area (Å²) in [5.41, 5.74) is 2.87. The molecule has 1 amide bonds. The summed E-state index contributed by atoms with van der Waals surface area (Å²) >= 11 is 5.94. The summed E-state index contributed by atoms with van der Waals surface area (Å²) in [4.78, 5) is 14.3. The molecular formula is C19H21ClN2O4S. The van der Waals surface area contributed by atoms with Gasteiger partial charge in [-0.25, -0.2) is 8.42 Å². The second kappa shape index (κ2) is 7.50. The van der Waals surface area contributed by atoms with Gasteiger partial charge in [0.2, 0.25) is 15.9 Å². The molecule has 0 radical (unpaired) electrons. The molecule has 0 aromatic heterocycles. The first kappa shape index (κ1) is 19.7. The van der Waals surface area contributed by atoms with E-state index in [1.54, 1.807) is 11.0 Å². The van der Waals surface area contributed by atoms with Gasteiger partial charge in [0.25, 0.3) is 0 Å². The summed E-state index contributed by atoms with van der Waals surface area (Å²) in [6.07, 6.45) is 0.383. The van der Waals surface area contributed by atoms with E-state index < -0.39 is 16.1 Å². The van der Waals surface area contributed by atoms with Crippen LogP contribution in [0.2, 0.25) is 5.02 Å². The van der Waals surface area contributed by atoms with Crippen LogP contribution in [0.1, 0.15) is 17.5 Å². The van der Waals surface area contributed by atoms with E-state index >= 15 is 0 Å². The van der Waals surface area contributed by atoms with E-state index in [0.717, 1.165) is 16.8 Å². The molecule has 0 unspecified atom stereocenters. The number of amides is 1. The standard InChI is InChI=1S/C19H21ClN2O4S/c1-12-8-13(2)10-15(9-12)22-7-6-16(19(22)23)21-27(24,25)18-11-14(20)4-5-17(18)26-3/h4-5,8-11,16,21H,6-7H2,1-3H3/t16-/m1/s1. The van der Waals surface area contributed by atoms with Gasteiger partial charge in [-0.05, 0) is 61.7 Å². The summed E-state index contributed by atoms with van der Waals surface area (Å²) in [6, 6.07) is 9.36. The van der Waals surface area contributed by atoms with Crippen molar-refractivity contribution in [2.24, 2.45) is 0 Å². The lowest BCUT2D eigenvalue weighted by Crippen LogP contribution is -2.41. The van der Waals surface area contributed by atoms with Crippen LogP contribution >= 0.6 is 11.6 Å². The zero-order valence-electron chi connectivity index (χ0n) is 15.3. The van der Waals surface area contributed by atoms with Gasteiger partial charge in [0, 0.05) is 17.3 Å². The van der Waals surface area contributed by atoms with Crippen molar-refractivity contribution in [2.75, 3.05) is 18.6 Å². The molecule has 0 spiro atoms. The summed E-state index contributed by atoms with van der Waals surface area (Å²) in [7, 11) is -2.59. The molecule has 1 heterocycles. The van der Waals surface area contributed by atoms with E-state index in [-0.39, 0.29) is 21.6 Å². The van der Waals surface area contributed by atoms with Gasteiger partial charge in [-0.2, -0.15) is 4.72 Å². The normalized spacial score (nSPS) is 17.4. The molecule has 144 valence electrons. The lowest BCUT2D eigenvalue weighted by Gasteiger charge is -2.19. The molecule has 0 aliphatic carbocycles. The number of rotatable bonds is 5. The molecule has 6 nitrogen and oxygen atoms in total. The molecule has 1 atom stereocenters. The highest BCUT2D eigenvalue weighted by atomic mass is 35.5. The van der Waals surface area contributed by atoms with Gasteiger partial charge in [0.1, 0.15) is 16.7 Å². The number of ether oxygens (including phenoxy) is 1. The number of anilines is 1. The molecule has 1 aliphatic heterocycles. The molecular weight excluding hydrogens is 388 g/mol. The van der Waals surface area contributed by atoms with Crippen LogP contribution in [0.4, 0.5) is 5.69 Å². The Kier molecular flexibility index (Phi) is 5.46. The molecule has 1 saturated heterocycles. The minimum absolute atomic E-state index is 0.0878. The summed E-state index contributed by atoms with van der Waals surface area (Å²) in [6.45, 7) is 4.37. The number of nitrogens with one attached hydrogen (secondary N) is 1. The molecule has 2 aromatic rings. The number of benzene rings is 2. The van der Waals surface area contributed by atoms with Crippen LogP contribution in [0.15, 0.2) is 41.3 Å². The Hall–Kier alpha value is -2.09. The minimum Gasteiger partial charge on any atom is -0.495 e. The first-order chi connectivity index (χ1) is 12.7. The third-order valence-electron chi connectivity index (χ3n) is 4.44. The van der Waals surface area contributed by atoms with Crippen LogP contribution in [0, 0.1) is 13.8 Å². The van der Waals surface area contributed by atoms with Crippen molar-refractivity contribution in [2.45, 2.75) is 31.2 Å². The Labute approximate surface area is 164 Å². The van der Waals surface area contributed by atoms with Gasteiger partial charge in [0.05, 0.1) is 7.11 Å². The Morgan fingerprint density at radius 3 is 2.44 bits per heavy atom. The number of sulfonamides is 1. The number of hydrogen-bond acceptors (Lipinski definition) is 4.